The Morgan fingerprint density at radius 2 is 1.94 bits per heavy atom. The lowest BCUT2D eigenvalue weighted by Gasteiger charge is -2.31. The number of carbonyl (C=O) groups is 1. The molecule has 0 aromatic rings. The van der Waals surface area contributed by atoms with Crippen LogP contribution < -0.4 is 0 Å². The van der Waals surface area contributed by atoms with Crippen molar-refractivity contribution in [2.24, 2.45) is 11.3 Å². The minimum absolute atomic E-state index is 0.0534. The lowest BCUT2D eigenvalue weighted by molar-refractivity contribution is -0.164. The smallest absolute Gasteiger partial charge is 0.309 e. The van der Waals surface area contributed by atoms with Crippen LogP contribution >= 0.6 is 0 Å². The molecular formula is C15H26O3. The topological polar surface area (TPSA) is 35.5 Å². The van der Waals surface area contributed by atoms with Crippen molar-refractivity contribution in [3.05, 3.63) is 12.8 Å². The number of carbonyl (C=O) groups excluding carboxylic acids is 1. The van der Waals surface area contributed by atoms with E-state index in [0.29, 0.717) is 6.61 Å². The van der Waals surface area contributed by atoms with Crippen molar-refractivity contribution in [3.8, 4) is 0 Å². The van der Waals surface area contributed by atoms with E-state index in [1.54, 1.807) is 0 Å². The van der Waals surface area contributed by atoms with Gasteiger partial charge in [0.25, 0.3) is 0 Å². The lowest BCUT2D eigenvalue weighted by Crippen LogP contribution is -2.37. The number of rotatable bonds is 5. The summed E-state index contributed by atoms with van der Waals surface area (Å²) in [6, 6.07) is 0. The van der Waals surface area contributed by atoms with Crippen LogP contribution in [0.3, 0.4) is 0 Å². The van der Waals surface area contributed by atoms with Gasteiger partial charge >= 0.3 is 5.97 Å². The third-order valence-electron chi connectivity index (χ3n) is 3.53. The largest absolute Gasteiger partial charge is 0.498 e. The van der Waals surface area contributed by atoms with Crippen LogP contribution in [0.15, 0.2) is 12.8 Å². The van der Waals surface area contributed by atoms with Gasteiger partial charge in [-0.15, -0.1) is 0 Å². The molecule has 1 unspecified atom stereocenters. The molecule has 18 heavy (non-hydrogen) atoms. The maximum atomic E-state index is 12.1. The molecule has 0 aromatic heterocycles. The Balaban J connectivity index is 2.53. The number of hydrogen-bond donors (Lipinski definition) is 0. The van der Waals surface area contributed by atoms with Crippen molar-refractivity contribution in [1.82, 2.24) is 0 Å². The fourth-order valence-electron chi connectivity index (χ4n) is 2.19. The van der Waals surface area contributed by atoms with Gasteiger partial charge < -0.3 is 9.47 Å². The van der Waals surface area contributed by atoms with Gasteiger partial charge in [0.1, 0.15) is 12.7 Å². The minimum Gasteiger partial charge on any atom is -0.498 e. The molecule has 0 saturated heterocycles. The molecule has 0 aromatic carbocycles. The molecule has 1 atom stereocenters. The molecule has 1 aliphatic carbocycles. The second-order valence-corrected chi connectivity index (χ2v) is 6.13. The lowest BCUT2D eigenvalue weighted by atomic mass is 9.87. The van der Waals surface area contributed by atoms with Crippen LogP contribution in [0, 0.1) is 11.3 Å². The Bertz CT molecular complexity index is 272. The first-order chi connectivity index (χ1) is 8.45. The quantitative estimate of drug-likeness (QED) is 0.554. The highest BCUT2D eigenvalue weighted by molar-refractivity contribution is 5.72. The van der Waals surface area contributed by atoms with Crippen molar-refractivity contribution >= 4 is 5.97 Å². The summed E-state index contributed by atoms with van der Waals surface area (Å²) < 4.78 is 10.8. The molecule has 0 N–H and O–H groups in total. The van der Waals surface area contributed by atoms with Crippen LogP contribution in [0.4, 0.5) is 0 Å². The predicted octanol–water partition coefficient (Wildman–Crippen LogP) is 3.68. The molecule has 0 aliphatic heterocycles. The molecule has 1 fully saturated rings. The summed E-state index contributed by atoms with van der Waals surface area (Å²) in [5.41, 5.74) is -0.118. The molecule has 3 heteroatoms. The Hall–Kier alpha value is -0.990. The minimum atomic E-state index is -0.218. The number of hydrogen-bond acceptors (Lipinski definition) is 3. The van der Waals surface area contributed by atoms with Crippen molar-refractivity contribution in [2.45, 2.75) is 59.0 Å². The molecule has 3 nitrogen and oxygen atoms in total. The average Bonchev–Trinajstić information content (AvgIpc) is 2.34. The van der Waals surface area contributed by atoms with Gasteiger partial charge in [0.2, 0.25) is 0 Å². The average molecular weight is 254 g/mol. The van der Waals surface area contributed by atoms with Crippen LogP contribution in [0.25, 0.3) is 0 Å². The van der Waals surface area contributed by atoms with E-state index in [1.165, 1.54) is 12.7 Å². The molecule has 0 radical (unpaired) electrons. The monoisotopic (exact) mass is 254 g/mol. The molecule has 1 aliphatic rings. The Morgan fingerprint density at radius 1 is 1.33 bits per heavy atom. The zero-order chi connectivity index (χ0) is 13.6. The molecule has 1 saturated carbocycles. The Kier molecular flexibility index (Phi) is 5.70. The molecular weight excluding hydrogens is 228 g/mol. The third kappa shape index (κ3) is 4.71. The van der Waals surface area contributed by atoms with E-state index in [9.17, 15) is 4.79 Å². The highest BCUT2D eigenvalue weighted by Crippen LogP contribution is 2.28. The second-order valence-electron chi connectivity index (χ2n) is 6.13. The zero-order valence-corrected chi connectivity index (χ0v) is 11.9. The molecule has 0 heterocycles. The van der Waals surface area contributed by atoms with E-state index >= 15 is 0 Å². The fraction of sp³-hybridized carbons (Fsp3) is 0.800. The second kappa shape index (κ2) is 6.81. The van der Waals surface area contributed by atoms with Crippen LogP contribution in [0.1, 0.15) is 52.9 Å². The number of esters is 1. The van der Waals surface area contributed by atoms with Gasteiger partial charge in [0.05, 0.1) is 12.2 Å². The molecule has 1 rings (SSSR count). The molecule has 0 spiro atoms. The van der Waals surface area contributed by atoms with Crippen LogP contribution in [-0.2, 0) is 14.3 Å². The normalized spacial score (nSPS) is 19.1. The first kappa shape index (κ1) is 15.1. The van der Waals surface area contributed by atoms with Crippen molar-refractivity contribution in [3.63, 3.8) is 0 Å². The summed E-state index contributed by atoms with van der Waals surface area (Å²) in [5, 5.41) is 0. The summed E-state index contributed by atoms with van der Waals surface area (Å²) in [4.78, 5) is 12.1. The summed E-state index contributed by atoms with van der Waals surface area (Å²) in [7, 11) is 0. The summed E-state index contributed by atoms with van der Waals surface area (Å²) >= 11 is 0. The van der Waals surface area contributed by atoms with Gasteiger partial charge in [-0.2, -0.15) is 0 Å². The van der Waals surface area contributed by atoms with Crippen molar-refractivity contribution in [1.29, 1.82) is 0 Å². The van der Waals surface area contributed by atoms with Gasteiger partial charge in [-0.3, -0.25) is 4.79 Å². The van der Waals surface area contributed by atoms with Gasteiger partial charge in [-0.05, 0) is 12.8 Å². The first-order valence-corrected chi connectivity index (χ1v) is 6.88. The van der Waals surface area contributed by atoms with E-state index < -0.39 is 0 Å². The maximum absolute atomic E-state index is 12.1. The Labute approximate surface area is 111 Å². The van der Waals surface area contributed by atoms with Crippen LogP contribution in [-0.4, -0.2) is 18.7 Å². The van der Waals surface area contributed by atoms with E-state index in [2.05, 4.69) is 27.4 Å². The molecule has 0 bridgehead atoms. The van der Waals surface area contributed by atoms with Gasteiger partial charge in [-0.25, -0.2) is 0 Å². The van der Waals surface area contributed by atoms with E-state index in [0.717, 1.165) is 25.7 Å². The molecule has 0 amide bonds. The van der Waals surface area contributed by atoms with Crippen molar-refractivity contribution in [2.75, 3.05) is 6.61 Å². The van der Waals surface area contributed by atoms with Crippen molar-refractivity contribution < 1.29 is 14.3 Å². The summed E-state index contributed by atoms with van der Waals surface area (Å²) in [6.07, 6.45) is 6.64. The maximum Gasteiger partial charge on any atom is 0.309 e. The highest BCUT2D eigenvalue weighted by atomic mass is 16.6. The SMILES string of the molecule is C=COCC(OC(=O)C1CCCCC1)C(C)(C)C. The zero-order valence-electron chi connectivity index (χ0n) is 11.9. The Morgan fingerprint density at radius 3 is 2.44 bits per heavy atom. The first-order valence-electron chi connectivity index (χ1n) is 6.88. The summed E-state index contributed by atoms with van der Waals surface area (Å²) in [5.74, 6) is 0.0367. The highest BCUT2D eigenvalue weighted by Gasteiger charge is 2.32. The third-order valence-corrected chi connectivity index (χ3v) is 3.53. The van der Waals surface area contributed by atoms with Gasteiger partial charge in [0.15, 0.2) is 0 Å². The molecule has 104 valence electrons. The van der Waals surface area contributed by atoms with E-state index in [-0.39, 0.29) is 23.4 Å². The van der Waals surface area contributed by atoms with Gasteiger partial charge in [-0.1, -0.05) is 46.6 Å². The summed E-state index contributed by atoms with van der Waals surface area (Å²) in [6.45, 7) is 10.1. The standard InChI is InChI=1S/C15H26O3/c1-5-17-11-13(15(2,3)4)18-14(16)12-9-7-6-8-10-12/h5,12-13H,1,6-11H2,2-4H3. The predicted molar refractivity (Wildman–Crippen MR) is 72.1 cm³/mol. The van der Waals surface area contributed by atoms with E-state index in [1.807, 2.05) is 0 Å². The van der Waals surface area contributed by atoms with Crippen LogP contribution in [0.2, 0.25) is 0 Å². The fourth-order valence-corrected chi connectivity index (χ4v) is 2.19. The van der Waals surface area contributed by atoms with Crippen LogP contribution in [0.5, 0.6) is 0 Å². The number of ether oxygens (including phenoxy) is 2. The van der Waals surface area contributed by atoms with Gasteiger partial charge in [0, 0.05) is 5.41 Å². The van der Waals surface area contributed by atoms with E-state index in [4.69, 9.17) is 9.47 Å².